The van der Waals surface area contributed by atoms with Crippen LogP contribution < -0.4 is 11.1 Å². The molecule has 2 rings (SSSR count). The highest BCUT2D eigenvalue weighted by Crippen LogP contribution is 2.27. The van der Waals surface area contributed by atoms with E-state index in [1.165, 1.54) is 0 Å². The molecule has 3 N–H and O–H groups in total. The molecule has 1 atom stereocenters. The topological polar surface area (TPSA) is 58.4 Å². The second kappa shape index (κ2) is 7.27. The van der Waals surface area contributed by atoms with Crippen LogP contribution in [0.1, 0.15) is 17.5 Å². The molecule has 1 fully saturated rings. The number of rotatable bonds is 3. The molecule has 1 aromatic carbocycles. The van der Waals surface area contributed by atoms with Crippen molar-refractivity contribution >= 4 is 35.6 Å². The number of aryl methyl sites for hydroxylation is 2. The maximum Gasteiger partial charge on any atom is 0.238 e. The fourth-order valence-corrected chi connectivity index (χ4v) is 2.83. The van der Waals surface area contributed by atoms with Crippen molar-refractivity contribution in [1.82, 2.24) is 4.90 Å². The van der Waals surface area contributed by atoms with Gasteiger partial charge in [0.25, 0.3) is 0 Å². The zero-order valence-electron chi connectivity index (χ0n) is 11.8. The Kier molecular flexibility index (Phi) is 6.27. The number of hydrogen-bond acceptors (Lipinski definition) is 3. The number of amides is 1. The average Bonchev–Trinajstić information content (AvgIpc) is 2.69. The van der Waals surface area contributed by atoms with E-state index >= 15 is 0 Å². The molecular weight excluding hydrogens is 297 g/mol. The van der Waals surface area contributed by atoms with Gasteiger partial charge in [-0.25, -0.2) is 0 Å². The Hall–Kier alpha value is -0.810. The fraction of sp³-hybridized carbons (Fsp3) is 0.500. The highest BCUT2D eigenvalue weighted by molar-refractivity contribution is 6.34. The Morgan fingerprint density at radius 1 is 1.50 bits per heavy atom. The van der Waals surface area contributed by atoms with Crippen LogP contribution in [0, 0.1) is 13.8 Å². The summed E-state index contributed by atoms with van der Waals surface area (Å²) in [6, 6.07) is 4.06. The minimum absolute atomic E-state index is 0. The van der Waals surface area contributed by atoms with E-state index in [4.69, 9.17) is 17.3 Å². The van der Waals surface area contributed by atoms with Crippen molar-refractivity contribution in [2.24, 2.45) is 5.73 Å². The molecular formula is C14H21Cl2N3O. The Labute approximate surface area is 131 Å². The Morgan fingerprint density at radius 2 is 2.20 bits per heavy atom. The van der Waals surface area contributed by atoms with E-state index in [9.17, 15) is 4.79 Å². The number of benzene rings is 1. The van der Waals surface area contributed by atoms with Gasteiger partial charge in [-0.2, -0.15) is 0 Å². The molecule has 1 heterocycles. The number of hydrogen-bond donors (Lipinski definition) is 2. The molecule has 20 heavy (non-hydrogen) atoms. The molecule has 1 amide bonds. The van der Waals surface area contributed by atoms with Crippen LogP contribution >= 0.6 is 24.0 Å². The highest BCUT2D eigenvalue weighted by atomic mass is 35.5. The number of likely N-dealkylation sites (tertiary alicyclic amines) is 1. The highest BCUT2D eigenvalue weighted by Gasteiger charge is 2.21. The monoisotopic (exact) mass is 317 g/mol. The predicted molar refractivity (Wildman–Crippen MR) is 85.8 cm³/mol. The molecule has 0 saturated carbocycles. The number of carbonyl (C=O) groups excluding carboxylic acids is 1. The van der Waals surface area contributed by atoms with Gasteiger partial charge in [-0.1, -0.05) is 17.7 Å². The van der Waals surface area contributed by atoms with E-state index in [0.29, 0.717) is 17.3 Å². The molecule has 0 spiro atoms. The number of carbonyl (C=O) groups is 1. The van der Waals surface area contributed by atoms with Gasteiger partial charge in [-0.3, -0.25) is 9.69 Å². The third-order valence-corrected chi connectivity index (χ3v) is 3.67. The van der Waals surface area contributed by atoms with Crippen molar-refractivity contribution in [1.29, 1.82) is 0 Å². The van der Waals surface area contributed by atoms with Crippen molar-refractivity contribution in [3.63, 3.8) is 0 Å². The van der Waals surface area contributed by atoms with Crippen LogP contribution in [-0.4, -0.2) is 36.5 Å². The van der Waals surface area contributed by atoms with Crippen LogP contribution in [0.3, 0.4) is 0 Å². The van der Waals surface area contributed by atoms with E-state index in [2.05, 4.69) is 10.2 Å². The minimum atomic E-state index is -0.0389. The second-order valence-corrected chi connectivity index (χ2v) is 5.68. The smallest absolute Gasteiger partial charge is 0.238 e. The first-order valence-electron chi connectivity index (χ1n) is 6.50. The molecule has 4 nitrogen and oxygen atoms in total. The van der Waals surface area contributed by atoms with E-state index in [1.54, 1.807) is 0 Å². The van der Waals surface area contributed by atoms with Crippen LogP contribution in [0.5, 0.6) is 0 Å². The maximum absolute atomic E-state index is 12.0. The SMILES string of the molecule is Cc1cc(C)c(NC(=O)CN2CC[C@H](N)C2)c(Cl)c1.Cl. The van der Waals surface area contributed by atoms with Gasteiger partial charge in [0.1, 0.15) is 0 Å². The van der Waals surface area contributed by atoms with Crippen molar-refractivity contribution in [3.8, 4) is 0 Å². The molecule has 6 heteroatoms. The summed E-state index contributed by atoms with van der Waals surface area (Å²) < 4.78 is 0. The summed E-state index contributed by atoms with van der Waals surface area (Å²) in [5, 5.41) is 3.48. The fourth-order valence-electron chi connectivity index (χ4n) is 2.46. The first-order chi connectivity index (χ1) is 8.95. The molecule has 0 aliphatic carbocycles. The molecule has 1 saturated heterocycles. The number of halogens is 2. The van der Waals surface area contributed by atoms with Gasteiger partial charge in [0.2, 0.25) is 5.91 Å². The summed E-state index contributed by atoms with van der Waals surface area (Å²) in [7, 11) is 0. The van der Waals surface area contributed by atoms with E-state index in [0.717, 1.165) is 30.6 Å². The quantitative estimate of drug-likeness (QED) is 0.899. The number of nitrogens with one attached hydrogen (secondary N) is 1. The van der Waals surface area contributed by atoms with Crippen molar-refractivity contribution in [2.75, 3.05) is 25.0 Å². The van der Waals surface area contributed by atoms with E-state index < -0.39 is 0 Å². The average molecular weight is 318 g/mol. The van der Waals surface area contributed by atoms with Crippen LogP contribution in [0.25, 0.3) is 0 Å². The largest absolute Gasteiger partial charge is 0.326 e. The number of nitrogens with zero attached hydrogens (tertiary/aromatic N) is 1. The molecule has 0 radical (unpaired) electrons. The molecule has 1 aromatic rings. The number of nitrogens with two attached hydrogens (primary N) is 1. The zero-order chi connectivity index (χ0) is 14.0. The van der Waals surface area contributed by atoms with Gasteiger partial charge < -0.3 is 11.1 Å². The molecule has 0 aromatic heterocycles. The standard InChI is InChI=1S/C14H20ClN3O.ClH/c1-9-5-10(2)14(12(15)6-9)17-13(19)8-18-4-3-11(16)7-18;/h5-6,11H,3-4,7-8,16H2,1-2H3,(H,17,19);1H/t11-;/m0./s1. The lowest BCUT2D eigenvalue weighted by Crippen LogP contribution is -2.33. The van der Waals surface area contributed by atoms with Gasteiger partial charge in [0.15, 0.2) is 0 Å². The van der Waals surface area contributed by atoms with Gasteiger partial charge >= 0.3 is 0 Å². The van der Waals surface area contributed by atoms with Crippen LogP contribution in [0.15, 0.2) is 12.1 Å². The van der Waals surface area contributed by atoms with Gasteiger partial charge in [-0.05, 0) is 37.5 Å². The van der Waals surface area contributed by atoms with Gasteiger partial charge in [0, 0.05) is 19.1 Å². The normalized spacial score (nSPS) is 18.7. The Bertz CT molecular complexity index is 470. The van der Waals surface area contributed by atoms with Crippen LogP contribution in [0.4, 0.5) is 5.69 Å². The summed E-state index contributed by atoms with van der Waals surface area (Å²) in [5.74, 6) is -0.0389. The lowest BCUT2D eigenvalue weighted by molar-refractivity contribution is -0.117. The molecule has 0 bridgehead atoms. The minimum Gasteiger partial charge on any atom is -0.326 e. The lowest BCUT2D eigenvalue weighted by atomic mass is 10.1. The van der Waals surface area contributed by atoms with Gasteiger partial charge in [0.05, 0.1) is 17.3 Å². The summed E-state index contributed by atoms with van der Waals surface area (Å²) >= 11 is 6.17. The van der Waals surface area contributed by atoms with Gasteiger partial charge in [-0.15, -0.1) is 12.4 Å². The first kappa shape index (κ1) is 17.2. The summed E-state index contributed by atoms with van der Waals surface area (Å²) in [4.78, 5) is 14.1. The summed E-state index contributed by atoms with van der Waals surface area (Å²) in [6.07, 6.45) is 0.956. The summed E-state index contributed by atoms with van der Waals surface area (Å²) in [6.45, 7) is 5.97. The molecule has 1 aliphatic rings. The predicted octanol–water partition coefficient (Wildman–Crippen LogP) is 2.35. The van der Waals surface area contributed by atoms with Crippen molar-refractivity contribution < 1.29 is 4.79 Å². The Balaban J connectivity index is 0.00000200. The first-order valence-corrected chi connectivity index (χ1v) is 6.88. The second-order valence-electron chi connectivity index (χ2n) is 5.27. The van der Waals surface area contributed by atoms with E-state index in [-0.39, 0.29) is 24.4 Å². The molecule has 1 aliphatic heterocycles. The zero-order valence-corrected chi connectivity index (χ0v) is 13.4. The van der Waals surface area contributed by atoms with Crippen LogP contribution in [-0.2, 0) is 4.79 Å². The maximum atomic E-state index is 12.0. The third kappa shape index (κ3) is 4.35. The van der Waals surface area contributed by atoms with Crippen molar-refractivity contribution in [3.05, 3.63) is 28.3 Å². The van der Waals surface area contributed by atoms with E-state index in [1.807, 2.05) is 26.0 Å². The Morgan fingerprint density at radius 3 is 2.75 bits per heavy atom. The van der Waals surface area contributed by atoms with Crippen LogP contribution in [0.2, 0.25) is 5.02 Å². The molecule has 112 valence electrons. The van der Waals surface area contributed by atoms with Crippen molar-refractivity contribution in [2.45, 2.75) is 26.3 Å². The lowest BCUT2D eigenvalue weighted by Gasteiger charge is -2.16. The third-order valence-electron chi connectivity index (χ3n) is 3.37. The molecule has 0 unspecified atom stereocenters. The summed E-state index contributed by atoms with van der Waals surface area (Å²) in [5.41, 5.74) is 8.60. The number of anilines is 1.